The maximum atomic E-state index is 13.2. The fourth-order valence-electron chi connectivity index (χ4n) is 4.48. The zero-order valence-electron chi connectivity index (χ0n) is 17.1. The fourth-order valence-corrected chi connectivity index (χ4v) is 4.48. The first-order valence-electron chi connectivity index (χ1n) is 10.0. The maximum absolute atomic E-state index is 13.2. The summed E-state index contributed by atoms with van der Waals surface area (Å²) < 4.78 is 45.0. The highest BCUT2D eigenvalue weighted by molar-refractivity contribution is 14.0. The smallest absolute Gasteiger partial charge is 0.381 e. The van der Waals surface area contributed by atoms with Crippen molar-refractivity contribution in [1.29, 1.82) is 0 Å². The molecule has 3 rings (SSSR count). The lowest BCUT2D eigenvalue weighted by Gasteiger charge is -2.33. The lowest BCUT2D eigenvalue weighted by molar-refractivity contribution is -0.137. The molecule has 2 fully saturated rings. The van der Waals surface area contributed by atoms with Gasteiger partial charge in [-0.15, -0.1) is 24.0 Å². The second-order valence-corrected chi connectivity index (χ2v) is 8.08. The Morgan fingerprint density at radius 2 is 2.03 bits per heavy atom. The third kappa shape index (κ3) is 5.99. The molecule has 1 aliphatic carbocycles. The summed E-state index contributed by atoms with van der Waals surface area (Å²) in [5.74, 6) is 1.28. The molecule has 0 aromatic heterocycles. The summed E-state index contributed by atoms with van der Waals surface area (Å²) in [4.78, 5) is 6.47. The Labute approximate surface area is 188 Å². The quantitative estimate of drug-likeness (QED) is 0.345. The van der Waals surface area contributed by atoms with Crippen molar-refractivity contribution < 1.29 is 17.9 Å². The predicted octanol–water partition coefficient (Wildman–Crippen LogP) is 4.68. The Bertz CT molecular complexity index is 684. The molecule has 8 heteroatoms. The number of hydrogen-bond acceptors (Lipinski definition) is 2. The molecule has 1 heterocycles. The van der Waals surface area contributed by atoms with Crippen molar-refractivity contribution >= 4 is 29.9 Å². The van der Waals surface area contributed by atoms with E-state index < -0.39 is 11.7 Å². The van der Waals surface area contributed by atoms with Gasteiger partial charge in [-0.05, 0) is 30.9 Å². The van der Waals surface area contributed by atoms with Crippen LogP contribution in [0.5, 0.6) is 0 Å². The number of nitrogens with one attached hydrogen (secondary N) is 1. The standard InChI is InChI=1S/C21H30F3N3O.HI/c1-25-19(27(2)13-16-8-11-28-14-16)26-15-20(9-3-4-10-20)17-6-5-7-18(12-17)21(22,23)24;/h5-7,12,16H,3-4,8-11,13-15H2,1-2H3,(H,25,26);1H. The zero-order valence-corrected chi connectivity index (χ0v) is 19.4. The molecular weight excluding hydrogens is 494 g/mol. The Hall–Kier alpha value is -1.03. The molecule has 1 atom stereocenters. The summed E-state index contributed by atoms with van der Waals surface area (Å²) in [6.45, 7) is 3.03. The predicted molar refractivity (Wildman–Crippen MR) is 120 cm³/mol. The van der Waals surface area contributed by atoms with Crippen molar-refractivity contribution in [3.05, 3.63) is 35.4 Å². The lowest BCUT2D eigenvalue weighted by Crippen LogP contribution is -2.46. The summed E-state index contributed by atoms with van der Waals surface area (Å²) in [5, 5.41) is 3.44. The van der Waals surface area contributed by atoms with E-state index in [4.69, 9.17) is 4.74 Å². The van der Waals surface area contributed by atoms with Crippen LogP contribution in [0.2, 0.25) is 0 Å². The normalized spacial score (nSPS) is 21.7. The molecule has 1 aromatic carbocycles. The molecule has 1 saturated heterocycles. The number of benzene rings is 1. The van der Waals surface area contributed by atoms with Gasteiger partial charge < -0.3 is 15.0 Å². The van der Waals surface area contributed by atoms with Gasteiger partial charge in [0.15, 0.2) is 5.96 Å². The van der Waals surface area contributed by atoms with Crippen LogP contribution >= 0.6 is 24.0 Å². The summed E-state index contributed by atoms with van der Waals surface area (Å²) in [6.07, 6.45) is 0.576. The summed E-state index contributed by atoms with van der Waals surface area (Å²) in [7, 11) is 3.74. The topological polar surface area (TPSA) is 36.9 Å². The van der Waals surface area contributed by atoms with E-state index in [1.165, 1.54) is 12.1 Å². The molecule has 1 unspecified atom stereocenters. The van der Waals surface area contributed by atoms with Crippen molar-refractivity contribution in [2.75, 3.05) is 40.4 Å². The number of halogens is 4. The third-order valence-corrected chi connectivity index (χ3v) is 6.08. The first kappa shape index (κ1) is 24.2. The second-order valence-electron chi connectivity index (χ2n) is 8.08. The third-order valence-electron chi connectivity index (χ3n) is 6.08. The van der Waals surface area contributed by atoms with Gasteiger partial charge in [0.05, 0.1) is 12.2 Å². The van der Waals surface area contributed by atoms with Crippen LogP contribution in [0.1, 0.15) is 43.2 Å². The Balaban J connectivity index is 0.00000300. The minimum Gasteiger partial charge on any atom is -0.381 e. The van der Waals surface area contributed by atoms with Gasteiger partial charge in [0.25, 0.3) is 0 Å². The van der Waals surface area contributed by atoms with Gasteiger partial charge >= 0.3 is 6.18 Å². The van der Waals surface area contributed by atoms with Crippen LogP contribution in [0.15, 0.2) is 29.3 Å². The van der Waals surface area contributed by atoms with Gasteiger partial charge in [-0.3, -0.25) is 4.99 Å². The first-order chi connectivity index (χ1) is 13.3. The fraction of sp³-hybridized carbons (Fsp3) is 0.667. The minimum atomic E-state index is -4.32. The average Bonchev–Trinajstić information content (AvgIpc) is 3.34. The second kappa shape index (κ2) is 10.3. The molecule has 1 aromatic rings. The van der Waals surface area contributed by atoms with Gasteiger partial charge in [0, 0.05) is 45.1 Å². The van der Waals surface area contributed by atoms with E-state index in [0.29, 0.717) is 12.5 Å². The SMILES string of the molecule is CN=C(NCC1(c2cccc(C(F)(F)F)c2)CCCC1)N(C)CC1CCOC1.I. The number of ether oxygens (including phenoxy) is 1. The van der Waals surface area contributed by atoms with Gasteiger partial charge in [-0.2, -0.15) is 13.2 Å². The lowest BCUT2D eigenvalue weighted by atomic mass is 9.78. The van der Waals surface area contributed by atoms with E-state index in [2.05, 4.69) is 15.2 Å². The Kier molecular flexibility index (Phi) is 8.63. The van der Waals surface area contributed by atoms with Gasteiger partial charge in [-0.25, -0.2) is 0 Å². The van der Waals surface area contributed by atoms with Gasteiger partial charge in [0.1, 0.15) is 0 Å². The monoisotopic (exact) mass is 525 g/mol. The van der Waals surface area contributed by atoms with Crippen LogP contribution in [0.25, 0.3) is 0 Å². The highest BCUT2D eigenvalue weighted by Gasteiger charge is 2.38. The van der Waals surface area contributed by atoms with E-state index in [1.54, 1.807) is 7.05 Å². The van der Waals surface area contributed by atoms with Crippen molar-refractivity contribution in [3.63, 3.8) is 0 Å². The van der Waals surface area contributed by atoms with Crippen LogP contribution < -0.4 is 5.32 Å². The van der Waals surface area contributed by atoms with Crippen molar-refractivity contribution in [3.8, 4) is 0 Å². The number of nitrogens with zero attached hydrogens (tertiary/aromatic N) is 2. The Morgan fingerprint density at radius 3 is 2.62 bits per heavy atom. The number of rotatable bonds is 5. The molecule has 0 radical (unpaired) electrons. The minimum absolute atomic E-state index is 0. The van der Waals surface area contributed by atoms with Crippen LogP contribution in [-0.4, -0.2) is 51.3 Å². The molecule has 4 nitrogen and oxygen atoms in total. The highest BCUT2D eigenvalue weighted by Crippen LogP contribution is 2.42. The van der Waals surface area contributed by atoms with E-state index >= 15 is 0 Å². The molecular formula is C21H31F3IN3O. The molecule has 0 bridgehead atoms. The van der Waals surface area contributed by atoms with Crippen LogP contribution in [0, 0.1) is 5.92 Å². The van der Waals surface area contributed by atoms with Crippen molar-refractivity contribution in [1.82, 2.24) is 10.2 Å². The number of alkyl halides is 3. The maximum Gasteiger partial charge on any atom is 0.416 e. The van der Waals surface area contributed by atoms with E-state index in [-0.39, 0.29) is 29.4 Å². The molecule has 1 aliphatic heterocycles. The van der Waals surface area contributed by atoms with Crippen LogP contribution in [0.3, 0.4) is 0 Å². The van der Waals surface area contributed by atoms with E-state index in [9.17, 15) is 13.2 Å². The van der Waals surface area contributed by atoms with Gasteiger partial charge in [0.2, 0.25) is 0 Å². The molecule has 29 heavy (non-hydrogen) atoms. The molecule has 0 spiro atoms. The Morgan fingerprint density at radius 1 is 1.31 bits per heavy atom. The van der Waals surface area contributed by atoms with Crippen molar-refractivity contribution in [2.24, 2.45) is 10.9 Å². The summed E-state index contributed by atoms with van der Waals surface area (Å²) in [5.41, 5.74) is -0.0808. The van der Waals surface area contributed by atoms with Crippen LogP contribution in [-0.2, 0) is 16.3 Å². The average molecular weight is 525 g/mol. The van der Waals surface area contributed by atoms with Crippen molar-refractivity contribution in [2.45, 2.75) is 43.7 Å². The number of aliphatic imine (C=N–C) groups is 1. The summed E-state index contributed by atoms with van der Waals surface area (Å²) in [6, 6.07) is 5.84. The summed E-state index contributed by atoms with van der Waals surface area (Å²) >= 11 is 0. The van der Waals surface area contributed by atoms with E-state index in [1.807, 2.05) is 13.1 Å². The highest BCUT2D eigenvalue weighted by atomic mass is 127. The van der Waals surface area contributed by atoms with E-state index in [0.717, 1.165) is 69.5 Å². The van der Waals surface area contributed by atoms with Gasteiger partial charge in [-0.1, -0.05) is 31.0 Å². The molecule has 0 amide bonds. The number of hydrogen-bond donors (Lipinski definition) is 1. The van der Waals surface area contributed by atoms with Crippen LogP contribution in [0.4, 0.5) is 13.2 Å². The first-order valence-corrected chi connectivity index (χ1v) is 10.0. The number of guanidine groups is 1. The molecule has 164 valence electrons. The largest absolute Gasteiger partial charge is 0.416 e. The molecule has 1 saturated carbocycles. The molecule has 2 aliphatic rings. The molecule has 1 N–H and O–H groups in total. The zero-order chi connectivity index (χ0) is 20.2.